The number of piperidine rings is 1. The maximum atomic E-state index is 11.4. The highest BCUT2D eigenvalue weighted by atomic mass is 79.9. The number of halogens is 1. The van der Waals surface area contributed by atoms with E-state index in [0.717, 1.165) is 37.8 Å². The Labute approximate surface area is 107 Å². The van der Waals surface area contributed by atoms with Crippen molar-refractivity contribution in [2.24, 2.45) is 11.3 Å². The number of carbonyl (C=O) groups excluding carboxylic acids is 1. The fourth-order valence-corrected chi connectivity index (χ4v) is 2.32. The molecular weight excluding hydrogens is 270 g/mol. The van der Waals surface area contributed by atoms with Crippen LogP contribution < -0.4 is 0 Å². The Morgan fingerprint density at radius 2 is 2.00 bits per heavy atom. The van der Waals surface area contributed by atoms with Gasteiger partial charge in [0.05, 0.1) is 13.0 Å². The molecule has 0 unspecified atom stereocenters. The van der Waals surface area contributed by atoms with E-state index in [2.05, 4.69) is 34.7 Å². The van der Waals surface area contributed by atoms with Gasteiger partial charge in [-0.05, 0) is 31.3 Å². The van der Waals surface area contributed by atoms with Crippen molar-refractivity contribution in [1.82, 2.24) is 4.90 Å². The fraction of sp³-hybridized carbons (Fsp3) is 0.917. The zero-order valence-corrected chi connectivity index (χ0v) is 12.0. The minimum Gasteiger partial charge on any atom is -0.469 e. The van der Waals surface area contributed by atoms with Crippen molar-refractivity contribution in [3.8, 4) is 0 Å². The van der Waals surface area contributed by atoms with Crippen LogP contribution in [0.15, 0.2) is 0 Å². The first-order valence-corrected chi connectivity index (χ1v) is 6.97. The van der Waals surface area contributed by atoms with Crippen LogP contribution in [0.3, 0.4) is 0 Å². The van der Waals surface area contributed by atoms with E-state index in [0.29, 0.717) is 5.41 Å². The highest BCUT2D eigenvalue weighted by molar-refractivity contribution is 9.09. The fourth-order valence-electron chi connectivity index (χ4n) is 2.14. The Hall–Kier alpha value is -0.0900. The van der Waals surface area contributed by atoms with Crippen molar-refractivity contribution in [2.45, 2.75) is 26.7 Å². The van der Waals surface area contributed by atoms with Gasteiger partial charge in [-0.15, -0.1) is 0 Å². The van der Waals surface area contributed by atoms with Gasteiger partial charge in [0, 0.05) is 11.9 Å². The summed E-state index contributed by atoms with van der Waals surface area (Å²) >= 11 is 3.54. The minimum absolute atomic E-state index is 0.0422. The second-order valence-electron chi connectivity index (χ2n) is 5.37. The first-order valence-electron chi connectivity index (χ1n) is 5.84. The molecule has 0 aromatic rings. The lowest BCUT2D eigenvalue weighted by molar-refractivity contribution is -0.147. The molecule has 1 rings (SSSR count). The second-order valence-corrected chi connectivity index (χ2v) is 5.93. The summed E-state index contributed by atoms with van der Waals surface area (Å²) in [5.41, 5.74) is 0.304. The number of ether oxygens (including phenoxy) is 1. The van der Waals surface area contributed by atoms with Crippen LogP contribution in [0, 0.1) is 11.3 Å². The van der Waals surface area contributed by atoms with Crippen LogP contribution in [0.4, 0.5) is 0 Å². The summed E-state index contributed by atoms with van der Waals surface area (Å²) in [4.78, 5) is 13.8. The molecule has 16 heavy (non-hydrogen) atoms. The van der Waals surface area contributed by atoms with E-state index in [1.54, 1.807) is 0 Å². The molecule has 1 heterocycles. The molecule has 0 aromatic heterocycles. The Balaban J connectivity index is 2.35. The first kappa shape index (κ1) is 14.0. The van der Waals surface area contributed by atoms with Crippen LogP contribution in [-0.4, -0.2) is 42.9 Å². The molecule has 3 nitrogen and oxygen atoms in total. The summed E-state index contributed by atoms with van der Waals surface area (Å²) in [5, 5.41) is 1.01. The molecule has 0 radical (unpaired) electrons. The zero-order valence-electron chi connectivity index (χ0n) is 10.5. The third-order valence-electron chi connectivity index (χ3n) is 3.14. The number of hydrogen-bond donors (Lipinski definition) is 0. The van der Waals surface area contributed by atoms with Gasteiger partial charge in [0.15, 0.2) is 0 Å². The predicted octanol–water partition coefficient (Wildman–Crippen LogP) is 2.29. The van der Waals surface area contributed by atoms with Gasteiger partial charge in [0.25, 0.3) is 0 Å². The molecule has 1 saturated heterocycles. The van der Waals surface area contributed by atoms with Gasteiger partial charge in [-0.2, -0.15) is 0 Å². The lowest BCUT2D eigenvalue weighted by atomic mass is 9.92. The lowest BCUT2D eigenvalue weighted by Gasteiger charge is -2.35. The number of methoxy groups -OCH3 is 1. The molecule has 1 aliphatic rings. The Morgan fingerprint density at radius 1 is 1.44 bits per heavy atom. The van der Waals surface area contributed by atoms with Gasteiger partial charge in [0.1, 0.15) is 0 Å². The van der Waals surface area contributed by atoms with Crippen LogP contribution in [0.2, 0.25) is 0 Å². The van der Waals surface area contributed by atoms with E-state index in [1.165, 1.54) is 7.11 Å². The van der Waals surface area contributed by atoms with Gasteiger partial charge in [0.2, 0.25) is 0 Å². The minimum atomic E-state index is -0.0422. The number of esters is 1. The molecule has 0 aliphatic carbocycles. The second kappa shape index (κ2) is 6.01. The molecule has 0 atom stereocenters. The van der Waals surface area contributed by atoms with Crippen molar-refractivity contribution in [2.75, 3.05) is 32.1 Å². The quantitative estimate of drug-likeness (QED) is 0.588. The third-order valence-corrected chi connectivity index (χ3v) is 4.65. The number of carbonyl (C=O) groups is 1. The van der Waals surface area contributed by atoms with Crippen molar-refractivity contribution < 1.29 is 9.53 Å². The number of hydrogen-bond acceptors (Lipinski definition) is 3. The van der Waals surface area contributed by atoms with Crippen LogP contribution in [0.25, 0.3) is 0 Å². The van der Waals surface area contributed by atoms with Crippen LogP contribution >= 0.6 is 15.9 Å². The topological polar surface area (TPSA) is 29.5 Å². The van der Waals surface area contributed by atoms with E-state index < -0.39 is 0 Å². The average Bonchev–Trinajstić information content (AvgIpc) is 2.28. The van der Waals surface area contributed by atoms with E-state index in [4.69, 9.17) is 4.74 Å². The van der Waals surface area contributed by atoms with E-state index in [9.17, 15) is 4.79 Å². The van der Waals surface area contributed by atoms with Crippen molar-refractivity contribution in [3.63, 3.8) is 0 Å². The molecule has 0 spiro atoms. The molecule has 0 saturated carbocycles. The summed E-state index contributed by atoms with van der Waals surface area (Å²) in [5.74, 6) is 0.0766. The molecule has 0 amide bonds. The van der Waals surface area contributed by atoms with Gasteiger partial charge in [-0.3, -0.25) is 4.79 Å². The third kappa shape index (κ3) is 4.06. The van der Waals surface area contributed by atoms with Crippen LogP contribution in [0.1, 0.15) is 26.7 Å². The van der Waals surface area contributed by atoms with Crippen molar-refractivity contribution >= 4 is 21.9 Å². The Bertz CT molecular complexity index is 235. The molecule has 4 heteroatoms. The van der Waals surface area contributed by atoms with E-state index in [-0.39, 0.29) is 11.9 Å². The summed E-state index contributed by atoms with van der Waals surface area (Å²) in [7, 11) is 1.47. The standard InChI is InChI=1S/C12H22BrNO2/c1-12(2,8-13)9-14-6-4-10(5-7-14)11(15)16-3/h10H,4-9H2,1-3H3. The maximum Gasteiger partial charge on any atom is 0.308 e. The molecule has 94 valence electrons. The number of rotatable bonds is 4. The normalized spacial score (nSPS) is 19.8. The smallest absolute Gasteiger partial charge is 0.308 e. The summed E-state index contributed by atoms with van der Waals surface area (Å²) in [6.45, 7) is 7.63. The average molecular weight is 292 g/mol. The van der Waals surface area contributed by atoms with Gasteiger partial charge < -0.3 is 9.64 Å². The molecule has 1 fully saturated rings. The highest BCUT2D eigenvalue weighted by Gasteiger charge is 2.28. The number of likely N-dealkylation sites (tertiary alicyclic amines) is 1. The zero-order chi connectivity index (χ0) is 12.2. The summed E-state index contributed by atoms with van der Waals surface area (Å²) in [6.07, 6.45) is 1.87. The Morgan fingerprint density at radius 3 is 2.44 bits per heavy atom. The largest absolute Gasteiger partial charge is 0.469 e. The van der Waals surface area contributed by atoms with Crippen molar-refractivity contribution in [1.29, 1.82) is 0 Å². The SMILES string of the molecule is COC(=O)C1CCN(CC(C)(C)CBr)CC1. The lowest BCUT2D eigenvalue weighted by Crippen LogP contribution is -2.42. The summed E-state index contributed by atoms with van der Waals surface area (Å²) in [6, 6.07) is 0. The van der Waals surface area contributed by atoms with Gasteiger partial charge in [-0.1, -0.05) is 29.8 Å². The van der Waals surface area contributed by atoms with Crippen LogP contribution in [-0.2, 0) is 9.53 Å². The first-order chi connectivity index (χ1) is 7.48. The van der Waals surface area contributed by atoms with Gasteiger partial charge in [-0.25, -0.2) is 0 Å². The number of nitrogens with zero attached hydrogens (tertiary/aromatic N) is 1. The molecule has 0 N–H and O–H groups in total. The maximum absolute atomic E-state index is 11.4. The van der Waals surface area contributed by atoms with Crippen molar-refractivity contribution in [3.05, 3.63) is 0 Å². The van der Waals surface area contributed by atoms with Crippen LogP contribution in [0.5, 0.6) is 0 Å². The van der Waals surface area contributed by atoms with E-state index in [1.807, 2.05) is 0 Å². The Kier molecular flexibility index (Phi) is 5.25. The molecular formula is C12H22BrNO2. The number of alkyl halides is 1. The highest BCUT2D eigenvalue weighted by Crippen LogP contribution is 2.24. The summed E-state index contributed by atoms with van der Waals surface area (Å²) < 4.78 is 4.78. The predicted molar refractivity (Wildman–Crippen MR) is 68.8 cm³/mol. The molecule has 0 bridgehead atoms. The molecule has 0 aromatic carbocycles. The monoisotopic (exact) mass is 291 g/mol. The van der Waals surface area contributed by atoms with Gasteiger partial charge >= 0.3 is 5.97 Å². The molecule has 1 aliphatic heterocycles. The van der Waals surface area contributed by atoms with E-state index >= 15 is 0 Å².